The van der Waals surface area contributed by atoms with Gasteiger partial charge in [0.15, 0.2) is 0 Å². The van der Waals surface area contributed by atoms with Gasteiger partial charge in [0, 0.05) is 0 Å². The first-order valence-corrected chi connectivity index (χ1v) is 3.29. The number of hydrogen-bond donors (Lipinski definition) is 2. The van der Waals surface area contributed by atoms with E-state index in [4.69, 9.17) is 16.1 Å². The normalized spacial score (nSPS) is 13.6. The van der Waals surface area contributed by atoms with Crippen molar-refractivity contribution in [1.29, 1.82) is 5.26 Å². The summed E-state index contributed by atoms with van der Waals surface area (Å²) in [5, 5.41) is 16.9. The van der Waals surface area contributed by atoms with Crippen LogP contribution in [-0.4, -0.2) is 17.1 Å². The van der Waals surface area contributed by atoms with Crippen LogP contribution in [0.2, 0.25) is 0 Å². The summed E-state index contributed by atoms with van der Waals surface area (Å²) in [5.74, 6) is -1.06. The molecule has 62 valence electrons. The van der Waals surface area contributed by atoms with Gasteiger partial charge in [0.2, 0.25) is 0 Å². The first kappa shape index (κ1) is 9.92. The molecule has 0 aromatic rings. The predicted molar refractivity (Wildman–Crippen MR) is 39.6 cm³/mol. The number of carboxylic acids is 1. The Kier molecular flexibility index (Phi) is 3.02. The molecular formula is C7H12N2O2. The van der Waals surface area contributed by atoms with Crippen molar-refractivity contribution in [2.45, 2.75) is 26.3 Å². The van der Waals surface area contributed by atoms with Gasteiger partial charge in [-0.2, -0.15) is 5.26 Å². The fourth-order valence-corrected chi connectivity index (χ4v) is 0.683. The summed E-state index contributed by atoms with van der Waals surface area (Å²) < 4.78 is 0. The molecule has 0 aliphatic rings. The molecule has 0 aromatic heterocycles. The van der Waals surface area contributed by atoms with Crippen LogP contribution in [0.25, 0.3) is 0 Å². The molecule has 0 bridgehead atoms. The van der Waals surface area contributed by atoms with Gasteiger partial charge in [0.1, 0.15) is 6.04 Å². The van der Waals surface area contributed by atoms with Crippen molar-refractivity contribution in [2.24, 2.45) is 11.1 Å². The zero-order valence-corrected chi connectivity index (χ0v) is 6.66. The van der Waals surface area contributed by atoms with Crippen molar-refractivity contribution in [3.8, 4) is 6.07 Å². The number of nitrogens with two attached hydrogens (primary N) is 1. The van der Waals surface area contributed by atoms with E-state index in [1.165, 1.54) is 0 Å². The SMILES string of the molecule is CC(C)(C#N)C[C@H](N)C(=O)O. The third kappa shape index (κ3) is 3.58. The fourth-order valence-electron chi connectivity index (χ4n) is 0.683. The third-order valence-corrected chi connectivity index (χ3v) is 1.35. The van der Waals surface area contributed by atoms with E-state index in [-0.39, 0.29) is 6.42 Å². The average Bonchev–Trinajstić information content (AvgIpc) is 1.87. The number of nitriles is 1. The molecule has 4 nitrogen and oxygen atoms in total. The predicted octanol–water partition coefficient (Wildman–Crippen LogP) is 0.338. The highest BCUT2D eigenvalue weighted by atomic mass is 16.4. The molecule has 4 heteroatoms. The highest BCUT2D eigenvalue weighted by molar-refractivity contribution is 5.73. The van der Waals surface area contributed by atoms with Crippen molar-refractivity contribution in [2.75, 3.05) is 0 Å². The van der Waals surface area contributed by atoms with Crippen molar-refractivity contribution in [1.82, 2.24) is 0 Å². The Balaban J connectivity index is 4.07. The molecule has 0 unspecified atom stereocenters. The Bertz CT molecular complexity index is 193. The maximum Gasteiger partial charge on any atom is 0.320 e. The van der Waals surface area contributed by atoms with E-state index < -0.39 is 17.4 Å². The topological polar surface area (TPSA) is 87.1 Å². The van der Waals surface area contributed by atoms with E-state index in [0.29, 0.717) is 0 Å². The van der Waals surface area contributed by atoms with Crippen LogP contribution < -0.4 is 5.73 Å². The first-order valence-electron chi connectivity index (χ1n) is 3.29. The molecule has 1 atom stereocenters. The van der Waals surface area contributed by atoms with Crippen molar-refractivity contribution < 1.29 is 9.90 Å². The molecule has 3 N–H and O–H groups in total. The van der Waals surface area contributed by atoms with Gasteiger partial charge in [-0.15, -0.1) is 0 Å². The van der Waals surface area contributed by atoms with Gasteiger partial charge in [0.25, 0.3) is 0 Å². The minimum Gasteiger partial charge on any atom is -0.480 e. The van der Waals surface area contributed by atoms with E-state index in [2.05, 4.69) is 0 Å². The maximum absolute atomic E-state index is 10.3. The van der Waals surface area contributed by atoms with Gasteiger partial charge in [-0.25, -0.2) is 0 Å². The van der Waals surface area contributed by atoms with Gasteiger partial charge in [-0.05, 0) is 20.3 Å². The zero-order chi connectivity index (χ0) is 9.07. The second kappa shape index (κ2) is 3.35. The van der Waals surface area contributed by atoms with Gasteiger partial charge in [0.05, 0.1) is 11.5 Å². The minimum atomic E-state index is -1.06. The standard InChI is InChI=1S/C7H12N2O2/c1-7(2,4-8)3-5(9)6(10)11/h5H,3,9H2,1-2H3,(H,10,11)/t5-/m0/s1. The number of hydrogen-bond acceptors (Lipinski definition) is 3. The lowest BCUT2D eigenvalue weighted by Crippen LogP contribution is -2.34. The molecule has 0 fully saturated rings. The zero-order valence-electron chi connectivity index (χ0n) is 6.66. The van der Waals surface area contributed by atoms with Crippen LogP contribution in [0, 0.1) is 16.7 Å². The van der Waals surface area contributed by atoms with Crippen molar-refractivity contribution in [3.05, 3.63) is 0 Å². The largest absolute Gasteiger partial charge is 0.480 e. The molecule has 0 amide bonds. The quantitative estimate of drug-likeness (QED) is 0.616. The Hall–Kier alpha value is -1.08. The second-order valence-electron chi connectivity index (χ2n) is 3.14. The van der Waals surface area contributed by atoms with Crippen LogP contribution in [0.5, 0.6) is 0 Å². The summed E-state index contributed by atoms with van der Waals surface area (Å²) in [6.45, 7) is 3.32. The Morgan fingerprint density at radius 2 is 2.27 bits per heavy atom. The number of carbonyl (C=O) groups is 1. The lowest BCUT2D eigenvalue weighted by atomic mass is 9.88. The van der Waals surface area contributed by atoms with Crippen LogP contribution in [0.15, 0.2) is 0 Å². The number of rotatable bonds is 3. The molecule has 0 rings (SSSR count). The third-order valence-electron chi connectivity index (χ3n) is 1.35. The molecule has 0 saturated carbocycles. The molecule has 0 aliphatic carbocycles. The van der Waals surface area contributed by atoms with Crippen LogP contribution in [0.1, 0.15) is 20.3 Å². The molecule has 0 aliphatic heterocycles. The lowest BCUT2D eigenvalue weighted by molar-refractivity contribution is -0.139. The number of aliphatic carboxylic acids is 1. The Labute approximate surface area is 65.6 Å². The van der Waals surface area contributed by atoms with Crippen LogP contribution in [-0.2, 0) is 4.79 Å². The summed E-state index contributed by atoms with van der Waals surface area (Å²) in [7, 11) is 0. The van der Waals surface area contributed by atoms with Crippen molar-refractivity contribution in [3.63, 3.8) is 0 Å². The van der Waals surface area contributed by atoms with Gasteiger partial charge < -0.3 is 10.8 Å². The van der Waals surface area contributed by atoms with E-state index in [9.17, 15) is 4.79 Å². The molecule has 0 spiro atoms. The lowest BCUT2D eigenvalue weighted by Gasteiger charge is -2.16. The molecule has 0 radical (unpaired) electrons. The number of carboxylic acid groups (broad SMARTS) is 1. The molecule has 11 heavy (non-hydrogen) atoms. The van der Waals surface area contributed by atoms with E-state index in [1.807, 2.05) is 6.07 Å². The molecule has 0 aromatic carbocycles. The summed E-state index contributed by atoms with van der Waals surface area (Å²) in [6.07, 6.45) is 0.179. The fraction of sp³-hybridized carbons (Fsp3) is 0.714. The van der Waals surface area contributed by atoms with Crippen LogP contribution >= 0.6 is 0 Å². The van der Waals surface area contributed by atoms with E-state index in [0.717, 1.165) is 0 Å². The van der Waals surface area contributed by atoms with Gasteiger partial charge >= 0.3 is 5.97 Å². The van der Waals surface area contributed by atoms with E-state index >= 15 is 0 Å². The monoisotopic (exact) mass is 156 g/mol. The Morgan fingerprint density at radius 1 is 1.82 bits per heavy atom. The summed E-state index contributed by atoms with van der Waals surface area (Å²) in [4.78, 5) is 10.3. The minimum absolute atomic E-state index is 0.179. The summed E-state index contributed by atoms with van der Waals surface area (Å²) in [6, 6.07) is 1.04. The average molecular weight is 156 g/mol. The number of nitrogens with zero attached hydrogens (tertiary/aromatic N) is 1. The molecule has 0 saturated heterocycles. The van der Waals surface area contributed by atoms with Crippen LogP contribution in [0.4, 0.5) is 0 Å². The van der Waals surface area contributed by atoms with Gasteiger partial charge in [-0.1, -0.05) is 0 Å². The smallest absolute Gasteiger partial charge is 0.320 e. The first-order chi connectivity index (χ1) is 4.89. The molecule has 0 heterocycles. The summed E-state index contributed by atoms with van der Waals surface area (Å²) in [5.41, 5.74) is 4.57. The Morgan fingerprint density at radius 3 is 2.55 bits per heavy atom. The van der Waals surface area contributed by atoms with E-state index in [1.54, 1.807) is 13.8 Å². The highest BCUT2D eigenvalue weighted by Crippen LogP contribution is 2.19. The van der Waals surface area contributed by atoms with Gasteiger partial charge in [-0.3, -0.25) is 4.79 Å². The van der Waals surface area contributed by atoms with Crippen molar-refractivity contribution >= 4 is 5.97 Å². The second-order valence-corrected chi connectivity index (χ2v) is 3.14. The maximum atomic E-state index is 10.3. The highest BCUT2D eigenvalue weighted by Gasteiger charge is 2.24. The summed E-state index contributed by atoms with van der Waals surface area (Å²) >= 11 is 0. The molecular weight excluding hydrogens is 144 g/mol. The van der Waals surface area contributed by atoms with Crippen LogP contribution in [0.3, 0.4) is 0 Å².